The fourth-order valence-electron chi connectivity index (χ4n) is 0.797. The van der Waals surface area contributed by atoms with E-state index in [-0.39, 0.29) is 5.69 Å². The van der Waals surface area contributed by atoms with Gasteiger partial charge in [0, 0.05) is 17.8 Å². The lowest BCUT2D eigenvalue weighted by atomic mass is 10.2. The number of non-ortho nitro benzene ring substituents is 1. The average molecular weight is 164 g/mol. The van der Waals surface area contributed by atoms with Gasteiger partial charge in [0.15, 0.2) is 0 Å². The third-order valence-electron chi connectivity index (χ3n) is 1.45. The summed E-state index contributed by atoms with van der Waals surface area (Å²) in [5.74, 6) is 0. The van der Waals surface area contributed by atoms with Crippen LogP contribution < -0.4 is 5.73 Å². The molecule has 0 saturated carbocycles. The zero-order chi connectivity index (χ0) is 9.14. The summed E-state index contributed by atoms with van der Waals surface area (Å²) in [5.41, 5.74) is 6.55. The first kappa shape index (κ1) is 8.26. The van der Waals surface area contributed by atoms with Crippen LogP contribution in [-0.2, 0) is 0 Å². The van der Waals surface area contributed by atoms with E-state index >= 15 is 0 Å². The van der Waals surface area contributed by atoms with E-state index in [4.69, 9.17) is 5.73 Å². The predicted molar refractivity (Wildman–Crippen MR) is 46.3 cm³/mol. The largest absolute Gasteiger partial charge is 0.399 e. The summed E-state index contributed by atoms with van der Waals surface area (Å²) in [6, 6.07) is 5.93. The van der Waals surface area contributed by atoms with E-state index in [1.807, 2.05) is 0 Å². The molecule has 12 heavy (non-hydrogen) atoms. The maximum Gasteiger partial charge on any atom is 0.269 e. The third-order valence-corrected chi connectivity index (χ3v) is 1.45. The Hall–Kier alpha value is -1.84. The van der Waals surface area contributed by atoms with Crippen LogP contribution in [0.1, 0.15) is 5.56 Å². The van der Waals surface area contributed by atoms with Crippen LogP contribution in [0.15, 0.2) is 30.8 Å². The number of nitrogens with zero attached hydrogens (tertiary/aromatic N) is 1. The molecular weight excluding hydrogens is 156 g/mol. The zero-order valence-corrected chi connectivity index (χ0v) is 6.36. The minimum Gasteiger partial charge on any atom is -0.399 e. The van der Waals surface area contributed by atoms with Gasteiger partial charge in [0.1, 0.15) is 0 Å². The van der Waals surface area contributed by atoms with Gasteiger partial charge in [-0.25, -0.2) is 0 Å². The fourth-order valence-corrected chi connectivity index (χ4v) is 0.797. The maximum atomic E-state index is 10.2. The van der Waals surface area contributed by atoms with E-state index in [1.54, 1.807) is 12.1 Å². The van der Waals surface area contributed by atoms with Crippen molar-refractivity contribution in [2.24, 2.45) is 5.73 Å². The number of benzene rings is 1. The molecule has 0 atom stereocenters. The standard InChI is InChI=1S/C8H8N2O2/c1-6(9)7-2-4-8(5-3-7)10(11)12/h2-5H,1,9H2. The van der Waals surface area contributed by atoms with Crippen LogP contribution in [0.4, 0.5) is 5.69 Å². The molecule has 0 radical (unpaired) electrons. The fraction of sp³-hybridized carbons (Fsp3) is 0. The normalized spacial score (nSPS) is 9.33. The summed E-state index contributed by atoms with van der Waals surface area (Å²) >= 11 is 0. The second-order valence-electron chi connectivity index (χ2n) is 2.33. The summed E-state index contributed by atoms with van der Waals surface area (Å²) in [7, 11) is 0. The Kier molecular flexibility index (Phi) is 2.09. The summed E-state index contributed by atoms with van der Waals surface area (Å²) < 4.78 is 0. The highest BCUT2D eigenvalue weighted by Crippen LogP contribution is 2.14. The van der Waals surface area contributed by atoms with Crippen molar-refractivity contribution in [2.45, 2.75) is 0 Å². The molecule has 4 heteroatoms. The third kappa shape index (κ3) is 1.60. The molecule has 0 unspecified atom stereocenters. The van der Waals surface area contributed by atoms with Crippen LogP contribution in [0, 0.1) is 10.1 Å². The molecule has 2 N–H and O–H groups in total. The van der Waals surface area contributed by atoms with Crippen molar-refractivity contribution in [1.82, 2.24) is 0 Å². The smallest absolute Gasteiger partial charge is 0.269 e. The van der Waals surface area contributed by atoms with Crippen molar-refractivity contribution in [1.29, 1.82) is 0 Å². The molecule has 0 aliphatic rings. The van der Waals surface area contributed by atoms with Crippen LogP contribution >= 0.6 is 0 Å². The van der Waals surface area contributed by atoms with Crippen LogP contribution in [0.25, 0.3) is 5.70 Å². The van der Waals surface area contributed by atoms with Crippen LogP contribution in [0.2, 0.25) is 0 Å². The molecule has 1 aromatic rings. The van der Waals surface area contributed by atoms with Gasteiger partial charge in [0.2, 0.25) is 0 Å². The Labute approximate surface area is 69.5 Å². The monoisotopic (exact) mass is 164 g/mol. The first-order chi connectivity index (χ1) is 5.61. The van der Waals surface area contributed by atoms with Gasteiger partial charge in [0.25, 0.3) is 5.69 Å². The molecule has 0 fully saturated rings. The van der Waals surface area contributed by atoms with Gasteiger partial charge >= 0.3 is 0 Å². The number of hydrogen-bond donors (Lipinski definition) is 1. The number of rotatable bonds is 2. The van der Waals surface area contributed by atoms with Crippen LogP contribution in [0.3, 0.4) is 0 Å². The van der Waals surface area contributed by atoms with Gasteiger partial charge in [-0.05, 0) is 17.7 Å². The Morgan fingerprint density at radius 2 is 1.92 bits per heavy atom. The first-order valence-electron chi connectivity index (χ1n) is 3.30. The summed E-state index contributed by atoms with van der Waals surface area (Å²) in [6.07, 6.45) is 0. The predicted octanol–water partition coefficient (Wildman–Crippen LogP) is 1.52. The molecule has 0 aliphatic carbocycles. The van der Waals surface area contributed by atoms with Crippen molar-refractivity contribution < 1.29 is 4.92 Å². The number of nitro benzene ring substituents is 1. The minimum atomic E-state index is -0.455. The molecule has 0 aliphatic heterocycles. The van der Waals surface area contributed by atoms with Crippen molar-refractivity contribution in [3.05, 3.63) is 46.5 Å². The lowest BCUT2D eigenvalue weighted by Gasteiger charge is -1.97. The topological polar surface area (TPSA) is 69.2 Å². The molecule has 0 aromatic heterocycles. The Morgan fingerprint density at radius 3 is 2.25 bits per heavy atom. The number of hydrogen-bond acceptors (Lipinski definition) is 3. The van der Waals surface area contributed by atoms with Gasteiger partial charge < -0.3 is 5.73 Å². The summed E-state index contributed by atoms with van der Waals surface area (Å²) in [6.45, 7) is 3.51. The maximum absolute atomic E-state index is 10.2. The van der Waals surface area contributed by atoms with Gasteiger partial charge in [-0.3, -0.25) is 10.1 Å². The molecule has 62 valence electrons. The zero-order valence-electron chi connectivity index (χ0n) is 6.36. The van der Waals surface area contributed by atoms with E-state index in [0.717, 1.165) is 0 Å². The number of nitro groups is 1. The van der Waals surface area contributed by atoms with E-state index in [9.17, 15) is 10.1 Å². The molecule has 1 rings (SSSR count). The molecule has 0 heterocycles. The van der Waals surface area contributed by atoms with Crippen LogP contribution in [-0.4, -0.2) is 4.92 Å². The molecular formula is C8H8N2O2. The van der Waals surface area contributed by atoms with E-state index in [0.29, 0.717) is 11.3 Å². The van der Waals surface area contributed by atoms with Gasteiger partial charge in [-0.2, -0.15) is 0 Å². The summed E-state index contributed by atoms with van der Waals surface area (Å²) in [5, 5.41) is 10.2. The van der Waals surface area contributed by atoms with Gasteiger partial charge in [-0.15, -0.1) is 0 Å². The van der Waals surface area contributed by atoms with Crippen molar-refractivity contribution in [3.63, 3.8) is 0 Å². The molecule has 0 bridgehead atoms. The van der Waals surface area contributed by atoms with Crippen molar-refractivity contribution in [2.75, 3.05) is 0 Å². The first-order valence-corrected chi connectivity index (χ1v) is 3.30. The quantitative estimate of drug-likeness (QED) is 0.532. The lowest BCUT2D eigenvalue weighted by molar-refractivity contribution is -0.384. The Balaban J connectivity index is 3.01. The van der Waals surface area contributed by atoms with E-state index in [1.165, 1.54) is 12.1 Å². The minimum absolute atomic E-state index is 0.0556. The number of nitrogens with two attached hydrogens (primary N) is 1. The molecule has 0 saturated heterocycles. The highest BCUT2D eigenvalue weighted by molar-refractivity contribution is 5.61. The van der Waals surface area contributed by atoms with Crippen molar-refractivity contribution >= 4 is 11.4 Å². The average Bonchev–Trinajstić information content (AvgIpc) is 2.04. The highest BCUT2D eigenvalue weighted by Gasteiger charge is 2.03. The molecule has 4 nitrogen and oxygen atoms in total. The molecule has 0 spiro atoms. The highest BCUT2D eigenvalue weighted by atomic mass is 16.6. The second kappa shape index (κ2) is 3.04. The second-order valence-corrected chi connectivity index (χ2v) is 2.33. The summed E-state index contributed by atoms with van der Waals surface area (Å²) in [4.78, 5) is 9.78. The lowest BCUT2D eigenvalue weighted by Crippen LogP contribution is -1.94. The van der Waals surface area contributed by atoms with E-state index < -0.39 is 4.92 Å². The van der Waals surface area contributed by atoms with Crippen LogP contribution in [0.5, 0.6) is 0 Å². The Bertz CT molecular complexity index is 283. The van der Waals surface area contributed by atoms with Gasteiger partial charge in [0.05, 0.1) is 4.92 Å². The SMILES string of the molecule is C=C(N)c1ccc([N+](=O)[O-])cc1. The molecule has 0 amide bonds. The van der Waals surface area contributed by atoms with E-state index in [2.05, 4.69) is 6.58 Å². The van der Waals surface area contributed by atoms with Gasteiger partial charge in [-0.1, -0.05) is 6.58 Å². The Morgan fingerprint density at radius 1 is 1.42 bits per heavy atom. The van der Waals surface area contributed by atoms with Crippen molar-refractivity contribution in [3.8, 4) is 0 Å². The molecule has 1 aromatic carbocycles.